The van der Waals surface area contributed by atoms with Gasteiger partial charge in [-0.2, -0.15) is 4.98 Å². The van der Waals surface area contributed by atoms with Gasteiger partial charge in [0.25, 0.3) is 15.9 Å². The van der Waals surface area contributed by atoms with Gasteiger partial charge in [0.05, 0.1) is 41.3 Å². The first-order valence-corrected chi connectivity index (χ1v) is 17.6. The van der Waals surface area contributed by atoms with E-state index < -0.39 is 16.1 Å². The van der Waals surface area contributed by atoms with Crippen LogP contribution in [0.1, 0.15) is 66.7 Å². The molecular weight excluding hydrogens is 614 g/mol. The Morgan fingerprint density at radius 1 is 1.04 bits per heavy atom. The largest absolute Gasteiger partial charge is 0.475 e. The van der Waals surface area contributed by atoms with Crippen molar-refractivity contribution in [1.82, 2.24) is 24.8 Å². The number of fused-ring (bicyclic) bond motifs is 4. The van der Waals surface area contributed by atoms with Crippen LogP contribution in [0.4, 0.5) is 11.8 Å². The first-order valence-electron chi connectivity index (χ1n) is 16.1. The lowest BCUT2D eigenvalue weighted by atomic mass is 9.92. The molecule has 0 radical (unpaired) electrons. The summed E-state index contributed by atoms with van der Waals surface area (Å²) in [5.41, 5.74) is 4.23. The molecule has 0 unspecified atom stereocenters. The van der Waals surface area contributed by atoms with Gasteiger partial charge >= 0.3 is 0 Å². The van der Waals surface area contributed by atoms with Gasteiger partial charge in [-0.05, 0) is 68.4 Å². The van der Waals surface area contributed by atoms with Crippen molar-refractivity contribution < 1.29 is 17.9 Å². The lowest BCUT2D eigenvalue weighted by Gasteiger charge is -2.36. The molecule has 1 saturated carbocycles. The predicted octanol–water partition coefficient (Wildman–Crippen LogP) is 5.79. The van der Waals surface area contributed by atoms with Crippen molar-refractivity contribution in [2.75, 3.05) is 23.3 Å². The van der Waals surface area contributed by atoms with Crippen molar-refractivity contribution in [2.24, 2.45) is 5.92 Å². The molecule has 6 rings (SSSR count). The molecule has 1 amide bonds. The molecule has 12 heteroatoms. The molecular formula is C35H41N7O4S. The summed E-state index contributed by atoms with van der Waals surface area (Å²) in [6.45, 7) is 8.38. The highest BCUT2D eigenvalue weighted by Gasteiger charge is 2.32. The quantitative estimate of drug-likeness (QED) is 0.263. The molecule has 2 atom stereocenters. The Labute approximate surface area is 276 Å². The first-order chi connectivity index (χ1) is 22.5. The predicted molar refractivity (Wildman–Crippen MR) is 181 cm³/mol. The number of rotatable bonds is 7. The van der Waals surface area contributed by atoms with E-state index in [-0.39, 0.29) is 47.3 Å². The van der Waals surface area contributed by atoms with Gasteiger partial charge in [-0.15, -0.1) is 0 Å². The molecule has 2 aromatic heterocycles. The number of aromatic nitrogens is 4. The van der Waals surface area contributed by atoms with E-state index in [1.54, 1.807) is 35.5 Å². The molecule has 0 saturated heterocycles. The number of hydrogen-bond acceptors (Lipinski definition) is 9. The fourth-order valence-electron chi connectivity index (χ4n) is 6.15. The minimum absolute atomic E-state index is 0.0160. The summed E-state index contributed by atoms with van der Waals surface area (Å²) in [6.07, 6.45) is 7.63. The molecule has 3 heterocycles. The van der Waals surface area contributed by atoms with E-state index in [0.717, 1.165) is 41.8 Å². The minimum Gasteiger partial charge on any atom is -0.475 e. The van der Waals surface area contributed by atoms with Crippen LogP contribution in [0.2, 0.25) is 0 Å². The van der Waals surface area contributed by atoms with Crippen molar-refractivity contribution in [3.8, 4) is 17.1 Å². The molecule has 1 N–H and O–H groups in total. The molecule has 2 aliphatic rings. The number of carbonyl (C=O) groups excluding carboxylic acids is 1. The van der Waals surface area contributed by atoms with Crippen LogP contribution in [0.25, 0.3) is 11.3 Å². The van der Waals surface area contributed by atoms with Gasteiger partial charge in [-0.3, -0.25) is 9.78 Å². The van der Waals surface area contributed by atoms with Gasteiger partial charge in [0.1, 0.15) is 12.4 Å². The number of carbonyl (C=O) groups is 1. The third-order valence-corrected chi connectivity index (χ3v) is 10.7. The van der Waals surface area contributed by atoms with Crippen LogP contribution >= 0.6 is 0 Å². The average Bonchev–Trinajstić information content (AvgIpc) is 3.02. The standard InChI is InChI=1S/C35H41N7O4S/c1-6-22(2)30-21-46-32-17-29(33-23(3)10-7-11-24(33)4)38-35(39-32)40-47(44,45)28-15-8-12-25(16-28)34(43)42(30)20-26-18-36-19-31(37-26)41(5)27-13-9-14-27/h7-8,10-12,15-19,22,27,30H,6,9,13-14,20-21H2,1-5H3,(H,38,39,40)/t22-,30-/m0/s1. The smallest absolute Gasteiger partial charge is 0.264 e. The highest BCUT2D eigenvalue weighted by molar-refractivity contribution is 7.92. The van der Waals surface area contributed by atoms with Crippen molar-refractivity contribution in [3.05, 3.63) is 83.3 Å². The van der Waals surface area contributed by atoms with Crippen LogP contribution in [0.3, 0.4) is 0 Å². The Balaban J connectivity index is 1.45. The third-order valence-electron chi connectivity index (χ3n) is 9.41. The van der Waals surface area contributed by atoms with Crippen molar-refractivity contribution in [2.45, 2.75) is 76.9 Å². The maximum absolute atomic E-state index is 14.4. The number of nitrogens with one attached hydrogen (secondary N) is 1. The van der Waals surface area contributed by atoms with Gasteiger partial charge in [0.2, 0.25) is 11.8 Å². The average molecular weight is 656 g/mol. The van der Waals surface area contributed by atoms with Crippen molar-refractivity contribution in [3.63, 3.8) is 0 Å². The molecule has 4 aromatic rings. The maximum atomic E-state index is 14.4. The zero-order chi connectivity index (χ0) is 33.3. The molecule has 1 fully saturated rings. The Morgan fingerprint density at radius 2 is 1.79 bits per heavy atom. The second-order valence-electron chi connectivity index (χ2n) is 12.6. The number of aryl methyl sites for hydroxylation is 2. The molecule has 47 heavy (non-hydrogen) atoms. The van der Waals surface area contributed by atoms with Gasteiger partial charge in [0, 0.05) is 30.3 Å². The summed E-state index contributed by atoms with van der Waals surface area (Å²) in [4.78, 5) is 36.7. The van der Waals surface area contributed by atoms with Crippen molar-refractivity contribution in [1.29, 1.82) is 0 Å². The fraction of sp³-hybridized carbons (Fsp3) is 0.400. The second-order valence-corrected chi connectivity index (χ2v) is 14.3. The monoisotopic (exact) mass is 655 g/mol. The summed E-state index contributed by atoms with van der Waals surface area (Å²) < 4.78 is 36.2. The minimum atomic E-state index is -4.16. The fourth-order valence-corrected chi connectivity index (χ4v) is 7.14. The summed E-state index contributed by atoms with van der Waals surface area (Å²) in [5, 5.41) is 0. The normalized spacial score (nSPS) is 18.4. The molecule has 2 aromatic carbocycles. The van der Waals surface area contributed by atoms with Crippen LogP contribution in [0.5, 0.6) is 5.88 Å². The Hall–Kier alpha value is -4.58. The van der Waals surface area contributed by atoms with E-state index in [1.807, 2.05) is 39.1 Å². The van der Waals surface area contributed by atoms with Gasteiger partial charge in [-0.25, -0.2) is 23.1 Å². The van der Waals surface area contributed by atoms with Crippen LogP contribution in [0.15, 0.2) is 65.8 Å². The lowest BCUT2D eigenvalue weighted by molar-refractivity contribution is 0.0480. The number of benzene rings is 2. The van der Waals surface area contributed by atoms with E-state index in [2.05, 4.69) is 38.4 Å². The number of amides is 1. The highest BCUT2D eigenvalue weighted by atomic mass is 32.2. The van der Waals surface area contributed by atoms with E-state index in [4.69, 9.17) is 9.72 Å². The summed E-state index contributed by atoms with van der Waals surface area (Å²) in [7, 11) is -2.13. The van der Waals surface area contributed by atoms with E-state index >= 15 is 0 Å². The zero-order valence-corrected chi connectivity index (χ0v) is 28.3. The van der Waals surface area contributed by atoms with E-state index in [1.165, 1.54) is 18.6 Å². The van der Waals surface area contributed by atoms with Crippen LogP contribution < -0.4 is 14.4 Å². The van der Waals surface area contributed by atoms with Gasteiger partial charge in [-0.1, -0.05) is 44.5 Å². The topological polar surface area (TPSA) is 131 Å². The summed E-state index contributed by atoms with van der Waals surface area (Å²) in [6, 6.07) is 13.7. The Kier molecular flexibility index (Phi) is 9.14. The van der Waals surface area contributed by atoms with E-state index in [0.29, 0.717) is 17.4 Å². The highest BCUT2D eigenvalue weighted by Crippen LogP contribution is 2.31. The number of hydrogen-bond donors (Lipinski definition) is 1. The Morgan fingerprint density at radius 3 is 2.49 bits per heavy atom. The molecule has 1 aliphatic heterocycles. The Bertz CT molecular complexity index is 1880. The van der Waals surface area contributed by atoms with Gasteiger partial charge < -0.3 is 14.5 Å². The molecule has 4 bridgehead atoms. The molecule has 11 nitrogen and oxygen atoms in total. The number of ether oxygens (including phenoxy) is 1. The second kappa shape index (κ2) is 13.3. The van der Waals surface area contributed by atoms with Crippen LogP contribution in [-0.2, 0) is 16.6 Å². The summed E-state index contributed by atoms with van der Waals surface area (Å²) in [5.74, 6) is 0.529. The molecule has 1 aliphatic carbocycles. The van der Waals surface area contributed by atoms with Crippen LogP contribution in [-0.4, -0.2) is 64.9 Å². The maximum Gasteiger partial charge on any atom is 0.264 e. The summed E-state index contributed by atoms with van der Waals surface area (Å²) >= 11 is 0. The molecule has 246 valence electrons. The first kappa shape index (κ1) is 32.4. The van der Waals surface area contributed by atoms with Gasteiger partial charge in [0.15, 0.2) is 0 Å². The third kappa shape index (κ3) is 6.78. The molecule has 0 spiro atoms. The number of anilines is 2. The number of sulfonamides is 1. The van der Waals surface area contributed by atoms with E-state index in [9.17, 15) is 13.2 Å². The SMILES string of the molecule is CC[C@H](C)[C@@H]1COc2cc(-c3c(C)cccc3C)nc(n2)NS(=O)(=O)c2cccc(c2)C(=O)N1Cc1cncc(N(C)C2CCC2)n1. The van der Waals surface area contributed by atoms with Crippen LogP contribution in [0, 0.1) is 19.8 Å². The lowest BCUT2D eigenvalue weighted by Crippen LogP contribution is -2.47. The zero-order valence-electron chi connectivity index (χ0n) is 27.5. The van der Waals surface area contributed by atoms with Crippen molar-refractivity contribution >= 4 is 27.7 Å². The number of nitrogens with zero attached hydrogens (tertiary/aromatic N) is 6.